The zero-order valence-corrected chi connectivity index (χ0v) is 15.9. The molecule has 3 aromatic rings. The van der Waals surface area contributed by atoms with Crippen molar-refractivity contribution < 1.29 is 13.5 Å². The summed E-state index contributed by atoms with van der Waals surface area (Å²) in [5.74, 6) is 0. The quantitative estimate of drug-likeness (QED) is 0.713. The summed E-state index contributed by atoms with van der Waals surface area (Å²) >= 11 is 6.10. The highest BCUT2D eigenvalue weighted by Gasteiger charge is 2.42. The number of halogens is 1. The molecule has 3 aromatic carbocycles. The van der Waals surface area contributed by atoms with Crippen LogP contribution in [0.5, 0.6) is 0 Å². The van der Waals surface area contributed by atoms with Crippen LogP contribution in [0, 0.1) is 0 Å². The first-order valence-corrected chi connectivity index (χ1v) is 10.4. The number of fused-ring (bicyclic) bond motifs is 1. The Kier molecular flexibility index (Phi) is 4.78. The van der Waals surface area contributed by atoms with Crippen LogP contribution in [0.4, 0.5) is 0 Å². The third kappa shape index (κ3) is 3.28. The number of hydrogen-bond acceptors (Lipinski definition) is 3. The van der Waals surface area contributed by atoms with E-state index >= 15 is 0 Å². The Labute approximate surface area is 163 Å². The second-order valence-corrected chi connectivity index (χ2v) is 8.78. The normalized spacial score (nSPS) is 20.2. The molecule has 1 aliphatic heterocycles. The van der Waals surface area contributed by atoms with Crippen LogP contribution in [0.1, 0.15) is 29.0 Å². The summed E-state index contributed by atoms with van der Waals surface area (Å²) in [5.41, 5.74) is 2.24. The highest BCUT2D eigenvalue weighted by Crippen LogP contribution is 2.43. The lowest BCUT2D eigenvalue weighted by atomic mass is 9.91. The van der Waals surface area contributed by atoms with Crippen molar-refractivity contribution in [3.8, 4) is 0 Å². The Hall–Kier alpha value is -2.18. The first-order valence-electron chi connectivity index (χ1n) is 8.58. The minimum Gasteiger partial charge on any atom is -0.373 e. The van der Waals surface area contributed by atoms with Gasteiger partial charge < -0.3 is 5.11 Å². The highest BCUT2D eigenvalue weighted by atomic mass is 35.5. The summed E-state index contributed by atoms with van der Waals surface area (Å²) in [4.78, 5) is 0.149. The molecule has 1 heterocycles. The standard InChI is InChI=1S/C21H18ClNO3S/c22-17-12-11-16-13-20(15-7-3-1-4-8-15)23(21(24)19(16)14-17)27(25,26)18-9-5-2-6-10-18/h1-12,14,20-21,24H,13H2. The number of sulfonamides is 1. The molecule has 2 atom stereocenters. The molecule has 27 heavy (non-hydrogen) atoms. The van der Waals surface area contributed by atoms with Gasteiger partial charge in [-0.25, -0.2) is 8.42 Å². The molecule has 1 aliphatic rings. The molecule has 0 aromatic heterocycles. The molecule has 0 amide bonds. The fraction of sp³-hybridized carbons (Fsp3) is 0.143. The van der Waals surface area contributed by atoms with Crippen molar-refractivity contribution in [2.75, 3.05) is 0 Å². The van der Waals surface area contributed by atoms with E-state index in [0.717, 1.165) is 11.1 Å². The minimum absolute atomic E-state index is 0.149. The number of rotatable bonds is 3. The second kappa shape index (κ2) is 7.09. The molecular formula is C21H18ClNO3S. The van der Waals surface area contributed by atoms with E-state index in [1.54, 1.807) is 30.3 Å². The molecule has 1 N–H and O–H groups in total. The van der Waals surface area contributed by atoms with Crippen LogP contribution in [0.25, 0.3) is 0 Å². The second-order valence-electron chi connectivity index (χ2n) is 6.50. The molecule has 0 saturated heterocycles. The lowest BCUT2D eigenvalue weighted by Crippen LogP contribution is -2.42. The van der Waals surface area contributed by atoms with Gasteiger partial charge in [-0.2, -0.15) is 4.31 Å². The molecule has 6 heteroatoms. The maximum Gasteiger partial charge on any atom is 0.246 e. The van der Waals surface area contributed by atoms with Gasteiger partial charge in [0.05, 0.1) is 10.9 Å². The van der Waals surface area contributed by atoms with Crippen molar-refractivity contribution in [1.82, 2.24) is 4.31 Å². The van der Waals surface area contributed by atoms with E-state index in [-0.39, 0.29) is 4.90 Å². The van der Waals surface area contributed by atoms with Crippen LogP contribution in [0.15, 0.2) is 83.8 Å². The molecule has 0 radical (unpaired) electrons. The van der Waals surface area contributed by atoms with E-state index in [1.165, 1.54) is 16.4 Å². The van der Waals surface area contributed by atoms with Crippen molar-refractivity contribution in [3.05, 3.63) is 101 Å². The molecule has 0 aliphatic carbocycles. The van der Waals surface area contributed by atoms with Gasteiger partial charge in [0.1, 0.15) is 6.23 Å². The number of aliphatic hydroxyl groups is 1. The largest absolute Gasteiger partial charge is 0.373 e. The molecule has 0 fully saturated rings. The zero-order valence-electron chi connectivity index (χ0n) is 14.4. The fourth-order valence-corrected chi connectivity index (χ4v) is 5.38. The van der Waals surface area contributed by atoms with Crippen LogP contribution >= 0.6 is 11.6 Å². The van der Waals surface area contributed by atoms with Crippen LogP contribution in [-0.2, 0) is 16.4 Å². The fourth-order valence-electron chi connectivity index (χ4n) is 3.55. The molecule has 4 nitrogen and oxygen atoms in total. The summed E-state index contributed by atoms with van der Waals surface area (Å²) < 4.78 is 28.0. The van der Waals surface area contributed by atoms with Crippen LogP contribution in [-0.4, -0.2) is 17.8 Å². The molecule has 0 saturated carbocycles. The van der Waals surface area contributed by atoms with E-state index in [9.17, 15) is 13.5 Å². The number of aliphatic hydroxyl groups excluding tert-OH is 1. The van der Waals surface area contributed by atoms with Gasteiger partial charge >= 0.3 is 0 Å². The van der Waals surface area contributed by atoms with Crippen molar-refractivity contribution >= 4 is 21.6 Å². The minimum atomic E-state index is -3.92. The molecule has 0 spiro atoms. The van der Waals surface area contributed by atoms with Gasteiger partial charge in [-0.15, -0.1) is 0 Å². The van der Waals surface area contributed by atoms with E-state index in [1.807, 2.05) is 36.4 Å². The van der Waals surface area contributed by atoms with Gasteiger partial charge in [0, 0.05) is 10.6 Å². The van der Waals surface area contributed by atoms with Gasteiger partial charge in [-0.3, -0.25) is 0 Å². The summed E-state index contributed by atoms with van der Waals surface area (Å²) in [5, 5.41) is 11.5. The maximum atomic E-state index is 13.4. The van der Waals surface area contributed by atoms with Gasteiger partial charge in [-0.05, 0) is 41.8 Å². The van der Waals surface area contributed by atoms with E-state index in [2.05, 4.69) is 0 Å². The first kappa shape index (κ1) is 18.2. The van der Waals surface area contributed by atoms with Crippen LogP contribution in [0.2, 0.25) is 5.02 Å². The van der Waals surface area contributed by atoms with Gasteiger partial charge in [0.2, 0.25) is 10.0 Å². The van der Waals surface area contributed by atoms with Crippen molar-refractivity contribution in [1.29, 1.82) is 0 Å². The molecule has 138 valence electrons. The summed E-state index contributed by atoms with van der Waals surface area (Å²) in [6.07, 6.45) is -0.859. The lowest BCUT2D eigenvalue weighted by molar-refractivity contribution is 0.0253. The third-order valence-electron chi connectivity index (χ3n) is 4.85. The topological polar surface area (TPSA) is 57.6 Å². The molecule has 2 unspecified atom stereocenters. The number of benzene rings is 3. The predicted octanol–water partition coefficient (Wildman–Crippen LogP) is 4.32. The average Bonchev–Trinajstić information content (AvgIpc) is 2.69. The third-order valence-corrected chi connectivity index (χ3v) is 6.96. The molecular weight excluding hydrogens is 382 g/mol. The maximum absolute atomic E-state index is 13.4. The average molecular weight is 400 g/mol. The summed E-state index contributed by atoms with van der Waals surface area (Å²) in [6, 6.07) is 22.3. The van der Waals surface area contributed by atoms with Crippen LogP contribution < -0.4 is 0 Å². The Morgan fingerprint density at radius 1 is 0.926 bits per heavy atom. The van der Waals surface area contributed by atoms with Gasteiger partial charge in [0.25, 0.3) is 0 Å². The van der Waals surface area contributed by atoms with Crippen LogP contribution in [0.3, 0.4) is 0 Å². The first-order chi connectivity index (χ1) is 13.0. The van der Waals surface area contributed by atoms with E-state index in [4.69, 9.17) is 11.6 Å². The Morgan fingerprint density at radius 2 is 1.56 bits per heavy atom. The number of hydrogen-bond donors (Lipinski definition) is 1. The van der Waals surface area contributed by atoms with Gasteiger partial charge in [0.15, 0.2) is 0 Å². The molecule has 0 bridgehead atoms. The SMILES string of the molecule is O=S(=O)(c1ccccc1)N1C(O)c2cc(Cl)ccc2CC1c1ccccc1. The lowest BCUT2D eigenvalue weighted by Gasteiger charge is -2.40. The Morgan fingerprint density at radius 3 is 2.22 bits per heavy atom. The number of nitrogens with zero attached hydrogens (tertiary/aromatic N) is 1. The van der Waals surface area contributed by atoms with Crippen molar-refractivity contribution in [2.45, 2.75) is 23.6 Å². The molecule has 4 rings (SSSR count). The monoisotopic (exact) mass is 399 g/mol. The van der Waals surface area contributed by atoms with Crippen molar-refractivity contribution in [2.24, 2.45) is 0 Å². The van der Waals surface area contributed by atoms with Gasteiger partial charge in [-0.1, -0.05) is 66.2 Å². The van der Waals surface area contributed by atoms with E-state index in [0.29, 0.717) is 17.0 Å². The summed E-state index contributed by atoms with van der Waals surface area (Å²) in [7, 11) is -3.92. The smallest absolute Gasteiger partial charge is 0.246 e. The summed E-state index contributed by atoms with van der Waals surface area (Å²) in [6.45, 7) is 0. The highest BCUT2D eigenvalue weighted by molar-refractivity contribution is 7.89. The zero-order chi connectivity index (χ0) is 19.0. The van der Waals surface area contributed by atoms with Crippen molar-refractivity contribution in [3.63, 3.8) is 0 Å². The van der Waals surface area contributed by atoms with E-state index < -0.39 is 22.3 Å². The Balaban J connectivity index is 1.90. The predicted molar refractivity (Wildman–Crippen MR) is 105 cm³/mol. The Bertz CT molecular complexity index is 1060.